The lowest BCUT2D eigenvalue weighted by atomic mass is 9.94. The van der Waals surface area contributed by atoms with E-state index >= 15 is 0 Å². The molecule has 5 nitrogen and oxygen atoms in total. The number of rotatable bonds is 3. The van der Waals surface area contributed by atoms with Gasteiger partial charge in [0.05, 0.1) is 6.61 Å². The minimum atomic E-state index is -2.99. The van der Waals surface area contributed by atoms with E-state index in [-0.39, 0.29) is 19.6 Å². The van der Waals surface area contributed by atoms with Crippen LogP contribution in [0.4, 0.5) is 13.6 Å². The number of hydrogen-bond acceptors (Lipinski definition) is 3. The molecule has 0 aromatic rings. The highest BCUT2D eigenvalue weighted by Crippen LogP contribution is 2.25. The van der Waals surface area contributed by atoms with Crippen molar-refractivity contribution in [2.75, 3.05) is 13.2 Å². The molecular weight excluding hydrogens is 222 g/mol. The van der Waals surface area contributed by atoms with E-state index in [2.05, 4.69) is 10.1 Å². The number of ether oxygens (including phenoxy) is 1. The molecule has 1 unspecified atom stereocenters. The third kappa shape index (κ3) is 2.40. The zero-order valence-corrected chi connectivity index (χ0v) is 8.89. The van der Waals surface area contributed by atoms with E-state index in [4.69, 9.17) is 0 Å². The molecule has 92 valence electrons. The molecule has 2 N–H and O–H groups in total. The molecule has 1 atom stereocenters. The molecule has 0 saturated carbocycles. The van der Waals surface area contributed by atoms with Gasteiger partial charge in [-0.05, 0) is 19.8 Å². The predicted octanol–water partition coefficient (Wildman–Crippen LogP) is 0.646. The molecule has 1 rings (SSSR count). The monoisotopic (exact) mass is 236 g/mol. The summed E-state index contributed by atoms with van der Waals surface area (Å²) in [6.45, 7) is 1.78. The Hall–Kier alpha value is -1.40. The number of hydrogen-bond donors (Lipinski definition) is 2. The van der Waals surface area contributed by atoms with Crippen molar-refractivity contribution in [3.05, 3.63) is 0 Å². The molecule has 2 amide bonds. The van der Waals surface area contributed by atoms with Gasteiger partial charge in [0.25, 0.3) is 6.43 Å². The largest absolute Gasteiger partial charge is 0.464 e. The van der Waals surface area contributed by atoms with Gasteiger partial charge in [0.2, 0.25) is 5.54 Å². The Bertz CT molecular complexity index is 286. The van der Waals surface area contributed by atoms with Gasteiger partial charge in [-0.1, -0.05) is 0 Å². The van der Waals surface area contributed by atoms with Gasteiger partial charge in [-0.15, -0.1) is 0 Å². The minimum absolute atomic E-state index is 0.00337. The average molecular weight is 236 g/mol. The van der Waals surface area contributed by atoms with Crippen LogP contribution in [-0.4, -0.2) is 37.1 Å². The van der Waals surface area contributed by atoms with Crippen LogP contribution in [0.15, 0.2) is 0 Å². The zero-order valence-electron chi connectivity index (χ0n) is 8.89. The van der Waals surface area contributed by atoms with Gasteiger partial charge in [0, 0.05) is 6.54 Å². The van der Waals surface area contributed by atoms with Crippen LogP contribution in [0.25, 0.3) is 0 Å². The Balaban J connectivity index is 2.93. The second kappa shape index (κ2) is 5.09. The lowest BCUT2D eigenvalue weighted by molar-refractivity contribution is -0.158. The van der Waals surface area contributed by atoms with Crippen molar-refractivity contribution in [1.29, 1.82) is 0 Å². The summed E-state index contributed by atoms with van der Waals surface area (Å²) in [6.07, 6.45) is -2.83. The Morgan fingerprint density at radius 1 is 1.62 bits per heavy atom. The van der Waals surface area contributed by atoms with Crippen LogP contribution >= 0.6 is 0 Å². The second-order valence-corrected chi connectivity index (χ2v) is 3.48. The quantitative estimate of drug-likeness (QED) is 0.707. The van der Waals surface area contributed by atoms with Crippen LogP contribution in [0.1, 0.15) is 19.8 Å². The van der Waals surface area contributed by atoms with Crippen molar-refractivity contribution in [2.45, 2.75) is 31.7 Å². The summed E-state index contributed by atoms with van der Waals surface area (Å²) >= 11 is 0. The van der Waals surface area contributed by atoms with Crippen LogP contribution in [0, 0.1) is 0 Å². The molecule has 0 radical (unpaired) electrons. The normalized spacial score (nSPS) is 25.6. The number of carbonyl (C=O) groups excluding carboxylic acids is 2. The van der Waals surface area contributed by atoms with Gasteiger partial charge >= 0.3 is 12.0 Å². The van der Waals surface area contributed by atoms with E-state index < -0.39 is 24.0 Å². The van der Waals surface area contributed by atoms with Crippen LogP contribution in [-0.2, 0) is 9.53 Å². The topological polar surface area (TPSA) is 67.4 Å². The molecule has 0 aromatic heterocycles. The summed E-state index contributed by atoms with van der Waals surface area (Å²) in [4.78, 5) is 22.7. The highest BCUT2D eigenvalue weighted by atomic mass is 19.3. The van der Waals surface area contributed by atoms with Crippen molar-refractivity contribution in [3.8, 4) is 0 Å². The highest BCUT2D eigenvalue weighted by molar-refractivity contribution is 5.88. The molecule has 0 spiro atoms. The van der Waals surface area contributed by atoms with Crippen molar-refractivity contribution in [3.63, 3.8) is 0 Å². The molecule has 7 heteroatoms. The van der Waals surface area contributed by atoms with E-state index in [9.17, 15) is 18.4 Å². The third-order valence-electron chi connectivity index (χ3n) is 2.38. The third-order valence-corrected chi connectivity index (χ3v) is 2.38. The van der Waals surface area contributed by atoms with Gasteiger partial charge in [-0.2, -0.15) is 0 Å². The summed E-state index contributed by atoms with van der Waals surface area (Å²) in [7, 11) is 0. The van der Waals surface area contributed by atoms with Crippen molar-refractivity contribution in [2.24, 2.45) is 0 Å². The molecule has 0 aromatic carbocycles. The number of esters is 1. The number of alkyl halides is 2. The fourth-order valence-electron chi connectivity index (χ4n) is 1.54. The van der Waals surface area contributed by atoms with Gasteiger partial charge in [-0.3, -0.25) is 0 Å². The van der Waals surface area contributed by atoms with E-state index in [1.165, 1.54) is 6.92 Å². The first kappa shape index (κ1) is 12.7. The fraction of sp³-hybridized carbons (Fsp3) is 0.778. The molecule has 1 heterocycles. The predicted molar refractivity (Wildman–Crippen MR) is 51.1 cm³/mol. The van der Waals surface area contributed by atoms with Crippen molar-refractivity contribution >= 4 is 12.0 Å². The first-order valence-electron chi connectivity index (χ1n) is 5.04. The first-order valence-corrected chi connectivity index (χ1v) is 5.04. The average Bonchev–Trinajstić information content (AvgIpc) is 2.41. The first-order chi connectivity index (χ1) is 7.53. The molecule has 0 aliphatic carbocycles. The van der Waals surface area contributed by atoms with Crippen LogP contribution < -0.4 is 10.6 Å². The maximum Gasteiger partial charge on any atom is 0.337 e. The fourth-order valence-corrected chi connectivity index (χ4v) is 1.54. The molecule has 16 heavy (non-hydrogen) atoms. The van der Waals surface area contributed by atoms with Crippen LogP contribution in [0.3, 0.4) is 0 Å². The lowest BCUT2D eigenvalue weighted by Gasteiger charge is -2.29. The van der Waals surface area contributed by atoms with Gasteiger partial charge < -0.3 is 15.4 Å². The van der Waals surface area contributed by atoms with Gasteiger partial charge in [0.15, 0.2) is 0 Å². The standard InChI is InChI=1S/C9H14F2N2O3/c1-2-16-7(14)9(6(10)11)4-3-5-12-8(15)13-9/h6H,2-5H2,1H3,(H2,12,13,15). The highest BCUT2D eigenvalue weighted by Gasteiger charge is 2.50. The summed E-state index contributed by atoms with van der Waals surface area (Å²) < 4.78 is 30.5. The molecule has 0 bridgehead atoms. The van der Waals surface area contributed by atoms with Gasteiger partial charge in [0.1, 0.15) is 0 Å². The summed E-state index contributed by atoms with van der Waals surface area (Å²) in [5.74, 6) is -1.08. The van der Waals surface area contributed by atoms with Crippen molar-refractivity contribution in [1.82, 2.24) is 10.6 Å². The molecule has 1 saturated heterocycles. The number of halogens is 2. The number of urea groups is 1. The smallest absolute Gasteiger partial charge is 0.337 e. The molecule has 1 fully saturated rings. The number of carbonyl (C=O) groups is 2. The summed E-state index contributed by atoms with van der Waals surface area (Å²) in [5.41, 5.74) is -2.21. The maximum atomic E-state index is 13.0. The second-order valence-electron chi connectivity index (χ2n) is 3.48. The zero-order chi connectivity index (χ0) is 12.2. The maximum absolute atomic E-state index is 13.0. The van der Waals surface area contributed by atoms with Crippen LogP contribution in [0.2, 0.25) is 0 Å². The van der Waals surface area contributed by atoms with E-state index in [1.54, 1.807) is 0 Å². The Kier molecular flexibility index (Phi) is 4.03. The number of amides is 2. The molecular formula is C9H14F2N2O3. The summed E-state index contributed by atoms with van der Waals surface area (Å²) in [6, 6.07) is -0.772. The van der Waals surface area contributed by atoms with Crippen molar-refractivity contribution < 1.29 is 23.1 Å². The van der Waals surface area contributed by atoms with Crippen LogP contribution in [0.5, 0.6) is 0 Å². The molecule has 1 aliphatic rings. The Morgan fingerprint density at radius 3 is 2.88 bits per heavy atom. The molecule has 1 aliphatic heterocycles. The number of nitrogens with one attached hydrogen (secondary N) is 2. The lowest BCUT2D eigenvalue weighted by Crippen LogP contribution is -2.60. The summed E-state index contributed by atoms with van der Waals surface area (Å²) in [5, 5.41) is 4.36. The van der Waals surface area contributed by atoms with E-state index in [0.29, 0.717) is 6.42 Å². The van der Waals surface area contributed by atoms with E-state index in [0.717, 1.165) is 0 Å². The Morgan fingerprint density at radius 2 is 2.31 bits per heavy atom. The minimum Gasteiger partial charge on any atom is -0.464 e. The Labute approximate surface area is 91.5 Å². The SMILES string of the molecule is CCOC(=O)C1(C(F)F)CCCNC(=O)N1. The van der Waals surface area contributed by atoms with Gasteiger partial charge in [-0.25, -0.2) is 18.4 Å². The van der Waals surface area contributed by atoms with E-state index in [1.807, 2.05) is 5.32 Å².